The summed E-state index contributed by atoms with van der Waals surface area (Å²) in [5.74, 6) is 0.632. The molecule has 1 aliphatic rings. The van der Waals surface area contributed by atoms with Gasteiger partial charge in [-0.1, -0.05) is 36.9 Å². The maximum atomic E-state index is 12.6. The van der Waals surface area contributed by atoms with Crippen LogP contribution in [0.15, 0.2) is 60.7 Å². The number of benzene rings is 2. The van der Waals surface area contributed by atoms with Crippen molar-refractivity contribution in [3.8, 4) is 5.75 Å². The Morgan fingerprint density at radius 1 is 1.25 bits per heavy atom. The van der Waals surface area contributed by atoms with Crippen LogP contribution in [0.25, 0.3) is 0 Å². The molecule has 3 nitrogen and oxygen atoms in total. The summed E-state index contributed by atoms with van der Waals surface area (Å²) < 4.78 is 5.62. The number of amides is 1. The molecule has 2 aromatic rings. The molecule has 2 aromatic carbocycles. The van der Waals surface area contributed by atoms with Crippen molar-refractivity contribution in [2.24, 2.45) is 0 Å². The summed E-state index contributed by atoms with van der Waals surface area (Å²) in [7, 11) is 0. The Balaban J connectivity index is 1.72. The second kappa shape index (κ2) is 7.35. The van der Waals surface area contributed by atoms with Crippen LogP contribution in [0.3, 0.4) is 0 Å². The molecule has 1 N–H and O–H groups in total. The van der Waals surface area contributed by atoms with Crippen LogP contribution in [0.4, 0.5) is 0 Å². The predicted molar refractivity (Wildman–Crippen MR) is 96.3 cm³/mol. The maximum absolute atomic E-state index is 12.6. The fourth-order valence-corrected chi connectivity index (χ4v) is 3.08. The third kappa shape index (κ3) is 3.85. The number of nitrogens with one attached hydrogen (secondary N) is 1. The maximum Gasteiger partial charge on any atom is 0.251 e. The SMILES string of the molecule is C=C(C)COc1cccc(C(=O)NC2CCCc3ccccc32)c1. The number of hydrogen-bond acceptors (Lipinski definition) is 2. The number of aryl methyl sites for hydroxylation is 1. The van der Waals surface area contributed by atoms with E-state index >= 15 is 0 Å². The average molecular weight is 321 g/mol. The van der Waals surface area contributed by atoms with Gasteiger partial charge in [-0.25, -0.2) is 0 Å². The van der Waals surface area contributed by atoms with E-state index in [2.05, 4.69) is 30.1 Å². The van der Waals surface area contributed by atoms with E-state index in [0.717, 1.165) is 24.8 Å². The number of carbonyl (C=O) groups is 1. The Bertz CT molecular complexity index is 751. The van der Waals surface area contributed by atoms with E-state index in [0.29, 0.717) is 17.9 Å². The molecule has 0 aliphatic heterocycles. The second-order valence-electron chi connectivity index (χ2n) is 6.39. The van der Waals surface area contributed by atoms with Crippen LogP contribution < -0.4 is 10.1 Å². The van der Waals surface area contributed by atoms with E-state index in [1.54, 1.807) is 6.07 Å². The van der Waals surface area contributed by atoms with Crippen molar-refractivity contribution in [1.29, 1.82) is 0 Å². The molecule has 0 fully saturated rings. The third-order valence-electron chi connectivity index (χ3n) is 4.26. The molecule has 124 valence electrons. The Labute approximate surface area is 143 Å². The summed E-state index contributed by atoms with van der Waals surface area (Å²) in [6, 6.07) is 15.8. The molecule has 1 unspecified atom stereocenters. The first kappa shape index (κ1) is 16.3. The smallest absolute Gasteiger partial charge is 0.251 e. The van der Waals surface area contributed by atoms with Crippen LogP contribution >= 0.6 is 0 Å². The Morgan fingerprint density at radius 2 is 2.08 bits per heavy atom. The minimum Gasteiger partial charge on any atom is -0.489 e. The van der Waals surface area contributed by atoms with Gasteiger partial charge < -0.3 is 10.1 Å². The molecule has 3 heteroatoms. The number of ether oxygens (including phenoxy) is 1. The normalized spacial score (nSPS) is 16.1. The number of carbonyl (C=O) groups excluding carboxylic acids is 1. The van der Waals surface area contributed by atoms with Crippen molar-refractivity contribution < 1.29 is 9.53 Å². The number of hydrogen-bond donors (Lipinski definition) is 1. The van der Waals surface area contributed by atoms with Gasteiger partial charge in [0, 0.05) is 5.56 Å². The van der Waals surface area contributed by atoms with E-state index < -0.39 is 0 Å². The van der Waals surface area contributed by atoms with Crippen LogP contribution in [-0.4, -0.2) is 12.5 Å². The Hall–Kier alpha value is -2.55. The highest BCUT2D eigenvalue weighted by atomic mass is 16.5. The molecule has 0 saturated carbocycles. The highest BCUT2D eigenvalue weighted by Gasteiger charge is 2.21. The van der Waals surface area contributed by atoms with Crippen molar-refractivity contribution in [3.63, 3.8) is 0 Å². The summed E-state index contributed by atoms with van der Waals surface area (Å²) >= 11 is 0. The third-order valence-corrected chi connectivity index (χ3v) is 4.26. The molecule has 3 rings (SSSR count). The molecular weight excluding hydrogens is 298 g/mol. The first-order chi connectivity index (χ1) is 11.6. The van der Waals surface area contributed by atoms with E-state index in [1.165, 1.54) is 11.1 Å². The highest BCUT2D eigenvalue weighted by Crippen LogP contribution is 2.29. The van der Waals surface area contributed by atoms with Crippen LogP contribution in [0, 0.1) is 0 Å². The first-order valence-corrected chi connectivity index (χ1v) is 8.39. The van der Waals surface area contributed by atoms with Gasteiger partial charge in [-0.2, -0.15) is 0 Å². The molecule has 0 radical (unpaired) electrons. The molecule has 0 saturated heterocycles. The quantitative estimate of drug-likeness (QED) is 0.826. The summed E-state index contributed by atoms with van der Waals surface area (Å²) in [6.07, 6.45) is 3.17. The number of fused-ring (bicyclic) bond motifs is 1. The lowest BCUT2D eigenvalue weighted by Crippen LogP contribution is -2.30. The highest BCUT2D eigenvalue weighted by molar-refractivity contribution is 5.94. The minimum absolute atomic E-state index is 0.0579. The topological polar surface area (TPSA) is 38.3 Å². The van der Waals surface area contributed by atoms with E-state index in [9.17, 15) is 4.79 Å². The van der Waals surface area contributed by atoms with E-state index in [-0.39, 0.29) is 11.9 Å². The van der Waals surface area contributed by atoms with Gasteiger partial charge in [0.15, 0.2) is 0 Å². The molecule has 0 spiro atoms. The van der Waals surface area contributed by atoms with Gasteiger partial charge in [0.25, 0.3) is 5.91 Å². The lowest BCUT2D eigenvalue weighted by atomic mass is 9.87. The van der Waals surface area contributed by atoms with Gasteiger partial charge in [0.05, 0.1) is 6.04 Å². The van der Waals surface area contributed by atoms with Gasteiger partial charge in [0.1, 0.15) is 12.4 Å². The fraction of sp³-hybridized carbons (Fsp3) is 0.286. The van der Waals surface area contributed by atoms with Crippen molar-refractivity contribution in [2.75, 3.05) is 6.61 Å². The summed E-state index contributed by atoms with van der Waals surface area (Å²) in [4.78, 5) is 12.6. The van der Waals surface area contributed by atoms with Crippen molar-refractivity contribution in [3.05, 3.63) is 77.4 Å². The Kier molecular flexibility index (Phi) is 4.99. The number of rotatable bonds is 5. The lowest BCUT2D eigenvalue weighted by molar-refractivity contribution is 0.0932. The molecule has 1 aliphatic carbocycles. The standard InChI is InChI=1S/C21H23NO2/c1-15(2)14-24-18-10-5-9-17(13-18)21(23)22-20-12-6-8-16-7-3-4-11-19(16)20/h3-5,7,9-11,13,20H,1,6,8,12,14H2,2H3,(H,22,23). The van der Waals surface area contributed by atoms with Crippen molar-refractivity contribution in [2.45, 2.75) is 32.2 Å². The minimum atomic E-state index is -0.0579. The van der Waals surface area contributed by atoms with E-state index in [1.807, 2.05) is 31.2 Å². The molecule has 0 heterocycles. The van der Waals surface area contributed by atoms with Crippen LogP contribution in [0.1, 0.15) is 47.3 Å². The van der Waals surface area contributed by atoms with Crippen LogP contribution in [0.2, 0.25) is 0 Å². The van der Waals surface area contributed by atoms with E-state index in [4.69, 9.17) is 4.74 Å². The summed E-state index contributed by atoms with van der Waals surface area (Å²) in [6.45, 7) is 6.20. The fourth-order valence-electron chi connectivity index (χ4n) is 3.08. The summed E-state index contributed by atoms with van der Waals surface area (Å²) in [5, 5.41) is 3.17. The lowest BCUT2D eigenvalue weighted by Gasteiger charge is -2.26. The van der Waals surface area contributed by atoms with Gasteiger partial charge in [-0.15, -0.1) is 0 Å². The van der Waals surface area contributed by atoms with Gasteiger partial charge in [-0.05, 0) is 61.1 Å². The van der Waals surface area contributed by atoms with Gasteiger partial charge >= 0.3 is 0 Å². The van der Waals surface area contributed by atoms with Gasteiger partial charge in [-0.3, -0.25) is 4.79 Å². The Morgan fingerprint density at radius 3 is 2.92 bits per heavy atom. The summed E-state index contributed by atoms with van der Waals surface area (Å²) in [5.41, 5.74) is 4.15. The molecular formula is C21H23NO2. The first-order valence-electron chi connectivity index (χ1n) is 8.39. The van der Waals surface area contributed by atoms with Crippen LogP contribution in [-0.2, 0) is 6.42 Å². The van der Waals surface area contributed by atoms with Crippen molar-refractivity contribution >= 4 is 5.91 Å². The monoisotopic (exact) mass is 321 g/mol. The predicted octanol–water partition coefficient (Wildman–Crippen LogP) is 4.45. The molecule has 0 bridgehead atoms. The van der Waals surface area contributed by atoms with Gasteiger partial charge in [0.2, 0.25) is 0 Å². The molecule has 1 amide bonds. The molecule has 0 aromatic heterocycles. The zero-order valence-corrected chi connectivity index (χ0v) is 14.0. The second-order valence-corrected chi connectivity index (χ2v) is 6.39. The largest absolute Gasteiger partial charge is 0.489 e. The molecule has 24 heavy (non-hydrogen) atoms. The zero-order chi connectivity index (χ0) is 16.9. The average Bonchev–Trinajstić information content (AvgIpc) is 2.60. The van der Waals surface area contributed by atoms with Crippen LogP contribution in [0.5, 0.6) is 5.75 Å². The molecule has 1 atom stereocenters. The zero-order valence-electron chi connectivity index (χ0n) is 14.0. The van der Waals surface area contributed by atoms with Crippen molar-refractivity contribution in [1.82, 2.24) is 5.32 Å².